The van der Waals surface area contributed by atoms with E-state index in [1.54, 1.807) is 13.2 Å². The van der Waals surface area contributed by atoms with E-state index in [2.05, 4.69) is 60.7 Å². The number of hydrogen-bond acceptors (Lipinski definition) is 3. The zero-order valence-electron chi connectivity index (χ0n) is 21.1. The van der Waals surface area contributed by atoms with Gasteiger partial charge in [-0.25, -0.2) is 0 Å². The summed E-state index contributed by atoms with van der Waals surface area (Å²) in [5.41, 5.74) is 10.2. The van der Waals surface area contributed by atoms with Gasteiger partial charge in [0, 0.05) is 0 Å². The average molecular weight is 511 g/mol. The molecule has 0 aromatic heterocycles. The molecule has 0 fully saturated rings. The van der Waals surface area contributed by atoms with Crippen LogP contribution in [0.3, 0.4) is 0 Å². The van der Waals surface area contributed by atoms with Gasteiger partial charge in [-0.15, -0.1) is 0 Å². The number of methoxy groups -OCH3 is 1. The van der Waals surface area contributed by atoms with Gasteiger partial charge in [-0.05, 0) is 95.3 Å². The van der Waals surface area contributed by atoms with Crippen LogP contribution in [0.2, 0.25) is 0 Å². The summed E-state index contributed by atoms with van der Waals surface area (Å²) in [6.07, 6.45) is 3.11. The van der Waals surface area contributed by atoms with Gasteiger partial charge in [-0.1, -0.05) is 78.4 Å². The molecule has 0 spiro atoms. The van der Waals surface area contributed by atoms with Crippen molar-refractivity contribution in [2.45, 2.75) is 37.5 Å². The smallest absolute Gasteiger partial charge is 0.294 e. The Kier molecular flexibility index (Phi) is 7.00. The van der Waals surface area contributed by atoms with E-state index in [-0.39, 0.29) is 4.90 Å². The highest BCUT2D eigenvalue weighted by Crippen LogP contribution is 2.41. The summed E-state index contributed by atoms with van der Waals surface area (Å²) in [5.74, 6) is 0.872. The first kappa shape index (κ1) is 25.0. The van der Waals surface area contributed by atoms with Gasteiger partial charge < -0.3 is 4.74 Å². The van der Waals surface area contributed by atoms with Crippen LogP contribution in [0.1, 0.15) is 45.4 Å². The van der Waals surface area contributed by atoms with Crippen molar-refractivity contribution in [1.82, 2.24) is 0 Å². The van der Waals surface area contributed by atoms with E-state index in [4.69, 9.17) is 4.74 Å². The molecule has 5 heteroatoms. The van der Waals surface area contributed by atoms with Crippen LogP contribution in [0.25, 0.3) is 11.1 Å². The second-order valence-electron chi connectivity index (χ2n) is 9.53. The minimum atomic E-state index is -4.26. The number of benzene rings is 4. The molecule has 0 aliphatic heterocycles. The Hall–Kier alpha value is -3.67. The van der Waals surface area contributed by atoms with Gasteiger partial charge in [0.2, 0.25) is 0 Å². The maximum absolute atomic E-state index is 11.8. The molecule has 37 heavy (non-hydrogen) atoms. The van der Waals surface area contributed by atoms with Crippen molar-refractivity contribution in [2.75, 3.05) is 7.11 Å². The lowest BCUT2D eigenvalue weighted by Gasteiger charge is -2.25. The quantitative estimate of drug-likeness (QED) is 0.274. The average Bonchev–Trinajstić information content (AvgIpc) is 2.91. The predicted octanol–water partition coefficient (Wildman–Crippen LogP) is 6.94. The Morgan fingerprint density at radius 1 is 0.811 bits per heavy atom. The molecule has 5 rings (SSSR count). The molecule has 0 atom stereocenters. The Labute approximate surface area is 219 Å². The van der Waals surface area contributed by atoms with Crippen molar-refractivity contribution in [3.63, 3.8) is 0 Å². The molecule has 4 nitrogen and oxygen atoms in total. The van der Waals surface area contributed by atoms with Gasteiger partial charge >= 0.3 is 0 Å². The molecule has 0 heterocycles. The monoisotopic (exact) mass is 510 g/mol. The highest BCUT2D eigenvalue weighted by molar-refractivity contribution is 7.85. The molecule has 4 aromatic rings. The molecule has 1 aliphatic rings. The van der Waals surface area contributed by atoms with Crippen molar-refractivity contribution in [2.24, 2.45) is 0 Å². The van der Waals surface area contributed by atoms with Gasteiger partial charge in [0.25, 0.3) is 10.1 Å². The van der Waals surface area contributed by atoms with E-state index in [1.165, 1.54) is 33.9 Å². The molecule has 0 radical (unpaired) electrons. The molecule has 188 valence electrons. The molecule has 1 N–H and O–H groups in total. The summed E-state index contributed by atoms with van der Waals surface area (Å²) in [4.78, 5) is -0.0124. The Morgan fingerprint density at radius 3 is 2.27 bits per heavy atom. The van der Waals surface area contributed by atoms with Gasteiger partial charge in [-0.3, -0.25) is 4.55 Å². The molecule has 1 aliphatic carbocycles. The summed E-state index contributed by atoms with van der Waals surface area (Å²) in [7, 11) is -2.56. The first-order valence-corrected chi connectivity index (χ1v) is 13.9. The molecular weight excluding hydrogens is 480 g/mol. The second-order valence-corrected chi connectivity index (χ2v) is 10.9. The Balaban J connectivity index is 1.49. The zero-order chi connectivity index (χ0) is 26.0. The SMILES string of the molecule is COc1ccc2c(c1)CCC(c1ccccc1)=C2c1ccc(CCc2cc(C)ccc2S(=O)(=O)O)cc1. The lowest BCUT2D eigenvalue weighted by Crippen LogP contribution is -2.07. The molecule has 0 unspecified atom stereocenters. The summed E-state index contributed by atoms with van der Waals surface area (Å²) < 4.78 is 38.8. The van der Waals surface area contributed by atoms with Crippen molar-refractivity contribution < 1.29 is 17.7 Å². The maximum Gasteiger partial charge on any atom is 0.294 e. The van der Waals surface area contributed by atoms with Crippen LogP contribution in [0.15, 0.2) is 95.9 Å². The Morgan fingerprint density at radius 2 is 1.57 bits per heavy atom. The number of hydrogen-bond donors (Lipinski definition) is 1. The Bertz CT molecular complexity index is 1570. The number of ether oxygens (including phenoxy) is 1. The van der Waals surface area contributed by atoms with Crippen molar-refractivity contribution in [3.05, 3.63) is 130 Å². The highest BCUT2D eigenvalue weighted by atomic mass is 32.2. The fourth-order valence-corrected chi connectivity index (χ4v) is 5.96. The van der Waals surface area contributed by atoms with E-state index in [0.717, 1.165) is 35.3 Å². The largest absolute Gasteiger partial charge is 0.497 e. The van der Waals surface area contributed by atoms with Crippen molar-refractivity contribution in [1.29, 1.82) is 0 Å². The van der Waals surface area contributed by atoms with Crippen LogP contribution in [-0.2, 0) is 29.4 Å². The first-order chi connectivity index (χ1) is 17.8. The van der Waals surface area contributed by atoms with Crippen molar-refractivity contribution >= 4 is 21.3 Å². The summed E-state index contributed by atoms with van der Waals surface area (Å²) in [5, 5.41) is 0. The van der Waals surface area contributed by atoms with Gasteiger partial charge in [-0.2, -0.15) is 8.42 Å². The number of aryl methyl sites for hydroxylation is 4. The van der Waals surface area contributed by atoms with Gasteiger partial charge in [0.1, 0.15) is 5.75 Å². The van der Waals surface area contributed by atoms with E-state index < -0.39 is 10.1 Å². The van der Waals surface area contributed by atoms with Gasteiger partial charge in [0.05, 0.1) is 12.0 Å². The maximum atomic E-state index is 11.8. The summed E-state index contributed by atoms with van der Waals surface area (Å²) in [6, 6.07) is 30.5. The lowest BCUT2D eigenvalue weighted by atomic mass is 9.79. The van der Waals surface area contributed by atoms with Crippen LogP contribution < -0.4 is 4.74 Å². The normalized spacial score (nSPS) is 13.4. The zero-order valence-corrected chi connectivity index (χ0v) is 21.9. The lowest BCUT2D eigenvalue weighted by molar-refractivity contribution is 0.414. The minimum Gasteiger partial charge on any atom is -0.497 e. The third-order valence-electron chi connectivity index (χ3n) is 7.07. The van der Waals surface area contributed by atoms with Crippen LogP contribution in [0.5, 0.6) is 5.75 Å². The molecule has 0 saturated carbocycles. The standard InChI is InChI=1S/C32H30O4S/c1-22-8-19-31(37(33,34)35)27(20-22)14-11-23-9-12-25(13-10-23)32-29(24-6-4-3-5-7-24)17-15-26-21-28(36-2)16-18-30(26)32/h3-10,12-13,16,18-21H,11,14-15,17H2,1-2H3,(H,33,34,35). The number of fused-ring (bicyclic) bond motifs is 1. The van der Waals surface area contributed by atoms with E-state index in [1.807, 2.05) is 25.1 Å². The summed E-state index contributed by atoms with van der Waals surface area (Å²) >= 11 is 0. The molecule has 0 amide bonds. The fourth-order valence-electron chi connectivity index (χ4n) is 5.23. The minimum absolute atomic E-state index is 0.0124. The number of rotatable bonds is 7. The van der Waals surface area contributed by atoms with Crippen LogP contribution in [0, 0.1) is 6.92 Å². The van der Waals surface area contributed by atoms with E-state index in [9.17, 15) is 13.0 Å². The molecular formula is C32H30O4S. The predicted molar refractivity (Wildman–Crippen MR) is 149 cm³/mol. The fraction of sp³-hybridized carbons (Fsp3) is 0.188. The second kappa shape index (κ2) is 10.4. The van der Waals surface area contributed by atoms with Crippen molar-refractivity contribution in [3.8, 4) is 5.75 Å². The summed E-state index contributed by atoms with van der Waals surface area (Å²) in [6.45, 7) is 1.92. The van der Waals surface area contributed by atoms with E-state index >= 15 is 0 Å². The highest BCUT2D eigenvalue weighted by Gasteiger charge is 2.22. The topological polar surface area (TPSA) is 63.6 Å². The third-order valence-corrected chi connectivity index (χ3v) is 8.02. The number of allylic oxidation sites excluding steroid dienone is 1. The molecule has 0 saturated heterocycles. The van der Waals surface area contributed by atoms with Crippen LogP contribution in [-0.4, -0.2) is 20.1 Å². The molecule has 0 bridgehead atoms. The van der Waals surface area contributed by atoms with Gasteiger partial charge in [0.15, 0.2) is 0 Å². The first-order valence-electron chi connectivity index (χ1n) is 12.5. The van der Waals surface area contributed by atoms with Crippen LogP contribution >= 0.6 is 0 Å². The third kappa shape index (κ3) is 5.38. The molecule has 4 aromatic carbocycles. The van der Waals surface area contributed by atoms with E-state index in [0.29, 0.717) is 18.4 Å². The van der Waals surface area contributed by atoms with Crippen LogP contribution in [0.4, 0.5) is 0 Å².